The lowest BCUT2D eigenvalue weighted by Gasteiger charge is -2.22. The number of carbonyl (C=O) groups is 2. The molecule has 0 radical (unpaired) electrons. The quantitative estimate of drug-likeness (QED) is 0.856. The van der Waals surface area contributed by atoms with E-state index in [0.717, 1.165) is 4.47 Å². The van der Waals surface area contributed by atoms with Crippen molar-refractivity contribution < 1.29 is 19.1 Å². The second kappa shape index (κ2) is 6.74. The van der Waals surface area contributed by atoms with Crippen LogP contribution in [-0.4, -0.2) is 24.8 Å². The molecular weight excluding hydrogens is 326 g/mol. The Morgan fingerprint density at radius 1 is 1.20 bits per heavy atom. The zero-order chi connectivity index (χ0) is 15.3. The molecule has 6 heteroatoms. The van der Waals surface area contributed by atoms with E-state index in [0.29, 0.717) is 5.56 Å². The Morgan fingerprint density at radius 3 is 2.20 bits per heavy atom. The number of alkyl carbamates (subject to hydrolysis) is 1. The molecular formula is C14H18BrNO4. The van der Waals surface area contributed by atoms with Gasteiger partial charge in [0.1, 0.15) is 5.60 Å². The lowest BCUT2D eigenvalue weighted by Crippen LogP contribution is -2.38. The van der Waals surface area contributed by atoms with Crippen molar-refractivity contribution in [2.24, 2.45) is 0 Å². The van der Waals surface area contributed by atoms with Crippen LogP contribution in [0.25, 0.3) is 0 Å². The first-order valence-corrected chi connectivity index (χ1v) is 6.85. The first-order chi connectivity index (χ1) is 9.23. The molecule has 0 saturated heterocycles. The van der Waals surface area contributed by atoms with Gasteiger partial charge in [0, 0.05) is 4.47 Å². The molecule has 0 aliphatic heterocycles. The van der Waals surface area contributed by atoms with E-state index in [1.54, 1.807) is 45.0 Å². The minimum absolute atomic E-state index is 0.557. The van der Waals surface area contributed by atoms with Gasteiger partial charge in [0.2, 0.25) is 0 Å². The maximum Gasteiger partial charge on any atom is 0.408 e. The molecule has 1 N–H and O–H groups in total. The van der Waals surface area contributed by atoms with E-state index in [4.69, 9.17) is 9.47 Å². The van der Waals surface area contributed by atoms with Crippen molar-refractivity contribution in [2.45, 2.75) is 32.4 Å². The summed E-state index contributed by atoms with van der Waals surface area (Å²) < 4.78 is 10.7. The number of hydrogen-bond acceptors (Lipinski definition) is 4. The number of halogens is 1. The monoisotopic (exact) mass is 343 g/mol. The fraction of sp³-hybridized carbons (Fsp3) is 0.429. The Hall–Kier alpha value is -1.56. The van der Waals surface area contributed by atoms with E-state index in [1.807, 2.05) is 0 Å². The van der Waals surface area contributed by atoms with Gasteiger partial charge < -0.3 is 14.8 Å². The van der Waals surface area contributed by atoms with Gasteiger partial charge in [-0.3, -0.25) is 0 Å². The van der Waals surface area contributed by atoms with Crippen molar-refractivity contribution in [1.82, 2.24) is 5.32 Å². The molecule has 1 atom stereocenters. The number of amides is 1. The smallest absolute Gasteiger partial charge is 0.408 e. The summed E-state index contributed by atoms with van der Waals surface area (Å²) in [5.74, 6) is -0.557. The summed E-state index contributed by atoms with van der Waals surface area (Å²) in [4.78, 5) is 23.6. The summed E-state index contributed by atoms with van der Waals surface area (Å²) >= 11 is 3.31. The van der Waals surface area contributed by atoms with Crippen LogP contribution in [0, 0.1) is 0 Å². The highest BCUT2D eigenvalue weighted by molar-refractivity contribution is 9.10. The average molecular weight is 344 g/mol. The fourth-order valence-corrected chi connectivity index (χ4v) is 1.74. The lowest BCUT2D eigenvalue weighted by atomic mass is 10.1. The fourth-order valence-electron chi connectivity index (χ4n) is 1.48. The first kappa shape index (κ1) is 16.5. The zero-order valence-electron chi connectivity index (χ0n) is 11.9. The zero-order valence-corrected chi connectivity index (χ0v) is 13.5. The highest BCUT2D eigenvalue weighted by Crippen LogP contribution is 2.19. The molecule has 0 aliphatic rings. The van der Waals surface area contributed by atoms with Gasteiger partial charge in [-0.1, -0.05) is 28.1 Å². The summed E-state index contributed by atoms with van der Waals surface area (Å²) in [5, 5.41) is 2.51. The van der Waals surface area contributed by atoms with Gasteiger partial charge in [-0.15, -0.1) is 0 Å². The second-order valence-corrected chi connectivity index (χ2v) is 6.07. The first-order valence-electron chi connectivity index (χ1n) is 6.06. The number of hydrogen-bond donors (Lipinski definition) is 1. The minimum atomic E-state index is -0.900. The normalized spacial score (nSPS) is 12.4. The number of ether oxygens (including phenoxy) is 2. The Morgan fingerprint density at radius 2 is 1.75 bits per heavy atom. The molecule has 1 aromatic carbocycles. The summed E-state index contributed by atoms with van der Waals surface area (Å²) in [5.41, 5.74) is -0.0179. The Bertz CT molecular complexity index is 479. The van der Waals surface area contributed by atoms with Gasteiger partial charge in [0.15, 0.2) is 6.04 Å². The third-order valence-electron chi connectivity index (χ3n) is 2.30. The summed E-state index contributed by atoms with van der Waals surface area (Å²) in [6.45, 7) is 5.25. The second-order valence-electron chi connectivity index (χ2n) is 5.15. The van der Waals surface area contributed by atoms with Crippen LogP contribution in [-0.2, 0) is 14.3 Å². The highest BCUT2D eigenvalue weighted by Gasteiger charge is 2.26. The SMILES string of the molecule is COC(=O)C(NC(=O)OC(C)(C)C)c1ccc(Br)cc1. The van der Waals surface area contributed by atoms with E-state index in [1.165, 1.54) is 7.11 Å². The van der Waals surface area contributed by atoms with Crippen LogP contribution < -0.4 is 5.32 Å². The molecule has 0 bridgehead atoms. The third kappa shape index (κ3) is 5.21. The Kier molecular flexibility index (Phi) is 5.56. The van der Waals surface area contributed by atoms with E-state index >= 15 is 0 Å². The van der Waals surface area contributed by atoms with Crippen LogP contribution in [0.4, 0.5) is 4.79 Å². The van der Waals surface area contributed by atoms with Gasteiger partial charge in [-0.2, -0.15) is 0 Å². The molecule has 20 heavy (non-hydrogen) atoms. The van der Waals surface area contributed by atoms with Crippen LogP contribution >= 0.6 is 15.9 Å². The number of esters is 1. The van der Waals surface area contributed by atoms with E-state index in [2.05, 4.69) is 21.2 Å². The van der Waals surface area contributed by atoms with E-state index in [9.17, 15) is 9.59 Å². The molecule has 1 rings (SSSR count). The molecule has 0 spiro atoms. The summed E-state index contributed by atoms with van der Waals surface area (Å²) in [6, 6.07) is 6.11. The maximum absolute atomic E-state index is 11.8. The van der Waals surface area contributed by atoms with Crippen LogP contribution in [0.2, 0.25) is 0 Å². The van der Waals surface area contributed by atoms with Crippen LogP contribution in [0.1, 0.15) is 32.4 Å². The molecule has 1 aromatic rings. The highest BCUT2D eigenvalue weighted by atomic mass is 79.9. The average Bonchev–Trinajstić information content (AvgIpc) is 2.34. The topological polar surface area (TPSA) is 64.6 Å². The van der Waals surface area contributed by atoms with Crippen molar-refractivity contribution in [3.63, 3.8) is 0 Å². The van der Waals surface area contributed by atoms with Gasteiger partial charge in [0.05, 0.1) is 7.11 Å². The number of benzene rings is 1. The largest absolute Gasteiger partial charge is 0.467 e. The maximum atomic E-state index is 11.8. The molecule has 5 nitrogen and oxygen atoms in total. The van der Waals surface area contributed by atoms with E-state index < -0.39 is 23.7 Å². The molecule has 1 unspecified atom stereocenters. The number of rotatable bonds is 3. The lowest BCUT2D eigenvalue weighted by molar-refractivity contribution is -0.143. The minimum Gasteiger partial charge on any atom is -0.467 e. The van der Waals surface area contributed by atoms with Crippen LogP contribution in [0.15, 0.2) is 28.7 Å². The Balaban J connectivity index is 2.88. The van der Waals surface area contributed by atoms with Gasteiger partial charge in [0.25, 0.3) is 0 Å². The predicted octanol–water partition coefficient (Wildman–Crippen LogP) is 3.19. The number of carbonyl (C=O) groups excluding carboxylic acids is 2. The van der Waals surface area contributed by atoms with Crippen LogP contribution in [0.5, 0.6) is 0 Å². The van der Waals surface area contributed by atoms with Crippen molar-refractivity contribution in [3.8, 4) is 0 Å². The van der Waals surface area contributed by atoms with Gasteiger partial charge >= 0.3 is 12.1 Å². The van der Waals surface area contributed by atoms with Crippen molar-refractivity contribution in [1.29, 1.82) is 0 Å². The predicted molar refractivity (Wildman–Crippen MR) is 78.3 cm³/mol. The standard InChI is InChI=1S/C14H18BrNO4/c1-14(2,3)20-13(18)16-11(12(17)19-4)9-5-7-10(15)8-6-9/h5-8,11H,1-4H3,(H,16,18). The van der Waals surface area contributed by atoms with E-state index in [-0.39, 0.29) is 0 Å². The Labute approximate surface area is 126 Å². The molecule has 0 aromatic heterocycles. The molecule has 0 fully saturated rings. The van der Waals surface area contributed by atoms with Crippen LogP contribution in [0.3, 0.4) is 0 Å². The van der Waals surface area contributed by atoms with Crippen molar-refractivity contribution >= 4 is 28.0 Å². The van der Waals surface area contributed by atoms with Crippen molar-refractivity contribution in [2.75, 3.05) is 7.11 Å². The molecule has 0 heterocycles. The molecule has 110 valence electrons. The number of methoxy groups -OCH3 is 1. The molecule has 0 aliphatic carbocycles. The molecule has 0 saturated carbocycles. The third-order valence-corrected chi connectivity index (χ3v) is 2.83. The number of nitrogens with one attached hydrogen (secondary N) is 1. The van der Waals surface area contributed by atoms with Gasteiger partial charge in [-0.05, 0) is 38.5 Å². The van der Waals surface area contributed by atoms with Gasteiger partial charge in [-0.25, -0.2) is 9.59 Å². The summed E-state index contributed by atoms with van der Waals surface area (Å²) in [6.07, 6.45) is -0.671. The molecule has 1 amide bonds. The van der Waals surface area contributed by atoms with Crippen molar-refractivity contribution in [3.05, 3.63) is 34.3 Å². The summed E-state index contributed by atoms with van der Waals surface area (Å²) in [7, 11) is 1.27.